The molecule has 0 saturated carbocycles. The van der Waals surface area contributed by atoms with Gasteiger partial charge in [0.2, 0.25) is 11.7 Å². The summed E-state index contributed by atoms with van der Waals surface area (Å²) in [6.45, 7) is 0. The molecule has 40 heavy (non-hydrogen) atoms. The van der Waals surface area contributed by atoms with E-state index in [2.05, 4.69) is 10.6 Å². The molecule has 212 valence electrons. The molecule has 0 aliphatic heterocycles. The number of nitrogens with one attached hydrogen (secondary N) is 2. The lowest BCUT2D eigenvalue weighted by Gasteiger charge is -2.19. The van der Waals surface area contributed by atoms with Gasteiger partial charge in [0, 0.05) is 23.9 Å². The van der Waals surface area contributed by atoms with Crippen molar-refractivity contribution < 1.29 is 33.6 Å². The first kappa shape index (κ1) is 30.0. The number of carbonyl (C=O) groups excluding carboxylic acids is 2. The largest absolute Gasteiger partial charge is 0.494 e. The van der Waals surface area contributed by atoms with Crippen molar-refractivity contribution in [1.82, 2.24) is 0 Å². The third-order valence-corrected chi connectivity index (χ3v) is 6.12. The Kier molecular flexibility index (Phi) is 10.9. The van der Waals surface area contributed by atoms with Crippen LogP contribution in [0.3, 0.4) is 0 Å². The zero-order chi connectivity index (χ0) is 29.1. The molecule has 2 amide bonds. The first-order valence-electron chi connectivity index (χ1n) is 12.5. The molecule has 0 radical (unpaired) electrons. The summed E-state index contributed by atoms with van der Waals surface area (Å²) in [5, 5.41) is 15.8. The Morgan fingerprint density at radius 2 is 1.52 bits per heavy atom. The number of carbonyl (C=O) groups is 2. The van der Waals surface area contributed by atoms with Gasteiger partial charge in [0.25, 0.3) is 5.91 Å². The van der Waals surface area contributed by atoms with E-state index in [0.717, 1.165) is 5.56 Å². The van der Waals surface area contributed by atoms with E-state index in [-0.39, 0.29) is 0 Å². The van der Waals surface area contributed by atoms with Crippen molar-refractivity contribution in [1.29, 1.82) is 0 Å². The fourth-order valence-electron chi connectivity index (χ4n) is 3.96. The minimum Gasteiger partial charge on any atom is -0.494 e. The number of hydrogen-bond donors (Lipinski definition) is 4. The molecule has 0 spiro atoms. The van der Waals surface area contributed by atoms with Gasteiger partial charge < -0.3 is 40.4 Å². The van der Waals surface area contributed by atoms with Crippen molar-refractivity contribution in [2.24, 2.45) is 5.73 Å². The Hall–Kier alpha value is -4.54. The SMILES string of the molecule is COc1cc(NC(=O)/C=C/c2cc(OC)c(OC)c(OC)c2)ccc1NC(=O)[C@@H](O)[C@H](N)CCc1ccccc1. The van der Waals surface area contributed by atoms with Gasteiger partial charge in [-0.05, 0) is 54.3 Å². The molecule has 5 N–H and O–H groups in total. The van der Waals surface area contributed by atoms with Crippen LogP contribution in [0.2, 0.25) is 0 Å². The highest BCUT2D eigenvalue weighted by Crippen LogP contribution is 2.38. The first-order valence-corrected chi connectivity index (χ1v) is 12.5. The molecular formula is C30H35N3O7. The Balaban J connectivity index is 1.62. The summed E-state index contributed by atoms with van der Waals surface area (Å²) in [5.74, 6) is 0.631. The summed E-state index contributed by atoms with van der Waals surface area (Å²) in [5.41, 5.74) is 8.58. The molecule has 0 aliphatic carbocycles. The number of methoxy groups -OCH3 is 4. The molecule has 0 aliphatic rings. The molecule has 0 bridgehead atoms. The lowest BCUT2D eigenvalue weighted by molar-refractivity contribution is -0.125. The molecule has 0 unspecified atom stereocenters. The lowest BCUT2D eigenvalue weighted by atomic mass is 10.0. The average Bonchev–Trinajstić information content (AvgIpc) is 2.98. The number of hydrogen-bond acceptors (Lipinski definition) is 8. The second-order valence-corrected chi connectivity index (χ2v) is 8.82. The first-order chi connectivity index (χ1) is 19.3. The van der Waals surface area contributed by atoms with E-state index in [4.69, 9.17) is 24.7 Å². The smallest absolute Gasteiger partial charge is 0.254 e. The van der Waals surface area contributed by atoms with Gasteiger partial charge in [-0.15, -0.1) is 0 Å². The highest BCUT2D eigenvalue weighted by Gasteiger charge is 2.24. The summed E-state index contributed by atoms with van der Waals surface area (Å²) in [7, 11) is 5.97. The molecule has 0 heterocycles. The molecule has 10 heteroatoms. The third kappa shape index (κ3) is 7.98. The molecule has 3 aromatic carbocycles. The van der Waals surface area contributed by atoms with E-state index in [1.165, 1.54) is 34.5 Å². The van der Waals surface area contributed by atoms with E-state index >= 15 is 0 Å². The number of rotatable bonds is 13. The molecule has 0 fully saturated rings. The standard InChI is InChI=1S/C30H35N3O7/c1-37-24-18-21(32-27(34)15-11-20-16-25(38-2)29(40-4)26(17-20)39-3)12-14-23(24)33-30(36)28(35)22(31)13-10-19-8-6-5-7-9-19/h5-9,11-12,14-18,22,28,35H,10,13,31H2,1-4H3,(H,32,34)(H,33,36)/b15-11+/t22-,28+/m1/s1. The second-order valence-electron chi connectivity index (χ2n) is 8.82. The van der Waals surface area contributed by atoms with Crippen LogP contribution in [0.25, 0.3) is 6.08 Å². The van der Waals surface area contributed by atoms with Crippen LogP contribution in [0.1, 0.15) is 17.5 Å². The number of nitrogens with two attached hydrogens (primary N) is 1. The van der Waals surface area contributed by atoms with Gasteiger partial charge in [0.15, 0.2) is 11.5 Å². The number of benzene rings is 3. The van der Waals surface area contributed by atoms with E-state index < -0.39 is 24.0 Å². The zero-order valence-corrected chi connectivity index (χ0v) is 23.0. The highest BCUT2D eigenvalue weighted by molar-refractivity contribution is 6.02. The maximum Gasteiger partial charge on any atom is 0.254 e. The molecule has 3 aromatic rings. The fourth-order valence-corrected chi connectivity index (χ4v) is 3.96. The normalized spacial score (nSPS) is 12.3. The van der Waals surface area contributed by atoms with Crippen molar-refractivity contribution in [2.45, 2.75) is 25.0 Å². The van der Waals surface area contributed by atoms with E-state index in [9.17, 15) is 14.7 Å². The maximum absolute atomic E-state index is 12.6. The predicted octanol–water partition coefficient (Wildman–Crippen LogP) is 3.63. The quantitative estimate of drug-likeness (QED) is 0.237. The Morgan fingerprint density at radius 1 is 0.875 bits per heavy atom. The van der Waals surface area contributed by atoms with Crippen LogP contribution in [-0.4, -0.2) is 57.5 Å². The van der Waals surface area contributed by atoms with Crippen molar-refractivity contribution in [3.05, 3.63) is 77.9 Å². The second kappa shape index (κ2) is 14.6. The fraction of sp³-hybridized carbons (Fsp3) is 0.267. The van der Waals surface area contributed by atoms with Gasteiger partial charge in [-0.1, -0.05) is 30.3 Å². The number of aliphatic hydroxyl groups excluding tert-OH is 1. The van der Waals surface area contributed by atoms with Crippen molar-refractivity contribution >= 4 is 29.3 Å². The number of aryl methyl sites for hydroxylation is 1. The number of ether oxygens (including phenoxy) is 4. The monoisotopic (exact) mass is 549 g/mol. The number of amides is 2. The van der Waals surface area contributed by atoms with Gasteiger partial charge in [0.05, 0.1) is 34.1 Å². The minimum absolute atomic E-state index is 0.296. The lowest BCUT2D eigenvalue weighted by Crippen LogP contribution is -2.43. The van der Waals surface area contributed by atoms with Crippen LogP contribution in [0.4, 0.5) is 11.4 Å². The summed E-state index contributed by atoms with van der Waals surface area (Å²) in [6.07, 6.45) is 2.63. The average molecular weight is 550 g/mol. The van der Waals surface area contributed by atoms with Crippen LogP contribution in [0, 0.1) is 0 Å². The van der Waals surface area contributed by atoms with Crippen LogP contribution >= 0.6 is 0 Å². The van der Waals surface area contributed by atoms with Gasteiger partial charge in [-0.25, -0.2) is 0 Å². The van der Waals surface area contributed by atoms with E-state index in [1.807, 2.05) is 30.3 Å². The van der Waals surface area contributed by atoms with Gasteiger partial charge in [0.1, 0.15) is 11.9 Å². The maximum atomic E-state index is 12.6. The zero-order valence-electron chi connectivity index (χ0n) is 23.0. The van der Waals surface area contributed by atoms with E-state index in [1.54, 1.807) is 36.4 Å². The Morgan fingerprint density at radius 3 is 2.12 bits per heavy atom. The molecule has 2 atom stereocenters. The number of aliphatic hydroxyl groups is 1. The third-order valence-electron chi connectivity index (χ3n) is 6.12. The molecule has 0 saturated heterocycles. The predicted molar refractivity (Wildman–Crippen MR) is 154 cm³/mol. The molecule has 3 rings (SSSR count). The summed E-state index contributed by atoms with van der Waals surface area (Å²) < 4.78 is 21.4. The minimum atomic E-state index is -1.41. The van der Waals surface area contributed by atoms with Gasteiger partial charge in [-0.3, -0.25) is 9.59 Å². The number of anilines is 2. The Bertz CT molecular complexity index is 1300. The highest BCUT2D eigenvalue weighted by atomic mass is 16.5. The Labute approximate surface area is 233 Å². The van der Waals surface area contributed by atoms with Crippen LogP contribution in [-0.2, 0) is 16.0 Å². The molecule has 10 nitrogen and oxygen atoms in total. The van der Waals surface area contributed by atoms with Gasteiger partial charge >= 0.3 is 0 Å². The van der Waals surface area contributed by atoms with Crippen molar-refractivity contribution in [3.8, 4) is 23.0 Å². The van der Waals surface area contributed by atoms with Gasteiger partial charge in [-0.2, -0.15) is 0 Å². The molecule has 0 aromatic heterocycles. The van der Waals surface area contributed by atoms with Crippen molar-refractivity contribution in [2.75, 3.05) is 39.1 Å². The topological polar surface area (TPSA) is 141 Å². The van der Waals surface area contributed by atoms with Crippen LogP contribution in [0.5, 0.6) is 23.0 Å². The van der Waals surface area contributed by atoms with E-state index in [0.29, 0.717) is 52.8 Å². The summed E-state index contributed by atoms with van der Waals surface area (Å²) in [6, 6.07) is 17.1. The summed E-state index contributed by atoms with van der Waals surface area (Å²) >= 11 is 0. The summed E-state index contributed by atoms with van der Waals surface area (Å²) in [4.78, 5) is 25.2. The van der Waals surface area contributed by atoms with Crippen LogP contribution < -0.4 is 35.3 Å². The van der Waals surface area contributed by atoms with Crippen molar-refractivity contribution in [3.63, 3.8) is 0 Å². The molecular weight excluding hydrogens is 514 g/mol. The van der Waals surface area contributed by atoms with Crippen LogP contribution in [0.15, 0.2) is 66.7 Å².